The molecule has 0 aromatic heterocycles. The third-order valence-corrected chi connectivity index (χ3v) is 1.78. The molecule has 0 aliphatic heterocycles. The Morgan fingerprint density at radius 2 is 2.27 bits per heavy atom. The van der Waals surface area contributed by atoms with Gasteiger partial charge in [0.2, 0.25) is 5.92 Å². The van der Waals surface area contributed by atoms with Crippen molar-refractivity contribution in [3.05, 3.63) is 0 Å². The van der Waals surface area contributed by atoms with Crippen LogP contribution in [0.15, 0.2) is 0 Å². The van der Waals surface area contributed by atoms with Gasteiger partial charge >= 0.3 is 0 Å². The van der Waals surface area contributed by atoms with Crippen molar-refractivity contribution in [3.63, 3.8) is 0 Å². The third kappa shape index (κ3) is 1.73. The Hall–Kier alpha value is -0.980. The van der Waals surface area contributed by atoms with Gasteiger partial charge < -0.3 is 0 Å². The fraction of sp³-hybridized carbons (Fsp3) is 0.714. The Morgan fingerprint density at radius 1 is 1.64 bits per heavy atom. The molecule has 0 saturated heterocycles. The lowest BCUT2D eigenvalue weighted by molar-refractivity contribution is -0.132. The predicted molar refractivity (Wildman–Crippen MR) is 32.9 cm³/mol. The Labute approximate surface area is 62.8 Å². The summed E-state index contributed by atoms with van der Waals surface area (Å²) in [6.07, 6.45) is -1.16. The van der Waals surface area contributed by atoms with Crippen LogP contribution >= 0.6 is 0 Å². The van der Waals surface area contributed by atoms with Gasteiger partial charge in [-0.25, -0.2) is 8.78 Å². The zero-order chi connectivity index (χ0) is 8.48. The third-order valence-electron chi connectivity index (χ3n) is 1.78. The Morgan fingerprint density at radius 3 is 2.73 bits per heavy atom. The first kappa shape index (κ1) is 8.12. The molecule has 2 nitrogen and oxygen atoms in total. The molecule has 0 spiro atoms. The standard InChI is InChI=1S/C7H7F2NO/c8-7(9)2-1-6(11)5(3-7)4-10/h5H,1-3H2. The number of Topliss-reactive ketones (excluding diaryl/α,β-unsaturated/α-hetero) is 1. The molecule has 0 bridgehead atoms. The Balaban J connectivity index is 2.68. The first-order chi connectivity index (χ1) is 5.05. The van der Waals surface area contributed by atoms with Crippen LogP contribution in [0.25, 0.3) is 0 Å². The van der Waals surface area contributed by atoms with E-state index in [0.717, 1.165) is 0 Å². The van der Waals surface area contributed by atoms with E-state index in [1.807, 2.05) is 0 Å². The quantitative estimate of drug-likeness (QED) is 0.537. The first-order valence-electron chi connectivity index (χ1n) is 3.35. The molecule has 0 aromatic rings. The maximum Gasteiger partial charge on any atom is 0.250 e. The number of rotatable bonds is 0. The lowest BCUT2D eigenvalue weighted by atomic mass is 9.86. The van der Waals surface area contributed by atoms with Crippen LogP contribution in [0.3, 0.4) is 0 Å². The number of halogens is 2. The molecule has 60 valence electrons. The highest BCUT2D eigenvalue weighted by Gasteiger charge is 2.40. The molecule has 1 atom stereocenters. The molecule has 1 aliphatic rings. The van der Waals surface area contributed by atoms with E-state index < -0.39 is 24.7 Å². The smallest absolute Gasteiger partial charge is 0.250 e. The van der Waals surface area contributed by atoms with Gasteiger partial charge in [-0.05, 0) is 0 Å². The molecule has 1 unspecified atom stereocenters. The van der Waals surface area contributed by atoms with E-state index in [1.54, 1.807) is 6.07 Å². The van der Waals surface area contributed by atoms with Crippen LogP contribution in [0.4, 0.5) is 8.78 Å². The van der Waals surface area contributed by atoms with Crippen LogP contribution in [0, 0.1) is 17.2 Å². The van der Waals surface area contributed by atoms with Crippen LogP contribution in [-0.4, -0.2) is 11.7 Å². The second kappa shape index (κ2) is 2.57. The summed E-state index contributed by atoms with van der Waals surface area (Å²) in [6, 6.07) is 1.58. The van der Waals surface area contributed by atoms with E-state index in [4.69, 9.17) is 5.26 Å². The molecule has 4 heteroatoms. The molecule has 1 saturated carbocycles. The van der Waals surface area contributed by atoms with Crippen LogP contribution in [0.5, 0.6) is 0 Å². The van der Waals surface area contributed by atoms with Crippen molar-refractivity contribution >= 4 is 5.78 Å². The topological polar surface area (TPSA) is 40.9 Å². The summed E-state index contributed by atoms with van der Waals surface area (Å²) in [5.41, 5.74) is 0. The summed E-state index contributed by atoms with van der Waals surface area (Å²) in [5, 5.41) is 8.29. The van der Waals surface area contributed by atoms with Crippen LogP contribution in [0.2, 0.25) is 0 Å². The summed E-state index contributed by atoms with van der Waals surface area (Å²) in [6.45, 7) is 0. The zero-order valence-electron chi connectivity index (χ0n) is 5.81. The zero-order valence-corrected chi connectivity index (χ0v) is 5.81. The van der Waals surface area contributed by atoms with Crippen molar-refractivity contribution in [2.24, 2.45) is 5.92 Å². The monoisotopic (exact) mass is 159 g/mol. The van der Waals surface area contributed by atoms with Crippen molar-refractivity contribution in [1.82, 2.24) is 0 Å². The molecular weight excluding hydrogens is 152 g/mol. The van der Waals surface area contributed by atoms with Crippen LogP contribution in [0.1, 0.15) is 19.3 Å². The van der Waals surface area contributed by atoms with Gasteiger partial charge in [0.25, 0.3) is 0 Å². The second-order valence-corrected chi connectivity index (χ2v) is 2.71. The van der Waals surface area contributed by atoms with E-state index in [-0.39, 0.29) is 12.2 Å². The lowest BCUT2D eigenvalue weighted by Crippen LogP contribution is -2.31. The molecule has 1 aliphatic carbocycles. The van der Waals surface area contributed by atoms with Crippen molar-refractivity contribution in [2.75, 3.05) is 0 Å². The van der Waals surface area contributed by atoms with Gasteiger partial charge in [0.05, 0.1) is 6.07 Å². The fourth-order valence-corrected chi connectivity index (χ4v) is 1.11. The molecule has 11 heavy (non-hydrogen) atoms. The van der Waals surface area contributed by atoms with Gasteiger partial charge in [-0.15, -0.1) is 0 Å². The van der Waals surface area contributed by atoms with E-state index in [2.05, 4.69) is 0 Å². The summed E-state index contributed by atoms with van der Waals surface area (Å²) in [5.74, 6) is -4.24. The van der Waals surface area contributed by atoms with Crippen molar-refractivity contribution in [3.8, 4) is 6.07 Å². The maximum atomic E-state index is 12.5. The van der Waals surface area contributed by atoms with Gasteiger partial charge in [-0.1, -0.05) is 0 Å². The Kier molecular flexibility index (Phi) is 1.90. The van der Waals surface area contributed by atoms with Gasteiger partial charge in [0.15, 0.2) is 0 Å². The predicted octanol–water partition coefficient (Wildman–Crippen LogP) is 1.51. The summed E-state index contributed by atoms with van der Waals surface area (Å²) in [7, 11) is 0. The molecule has 0 heterocycles. The van der Waals surface area contributed by atoms with Gasteiger partial charge in [-0.2, -0.15) is 5.26 Å². The number of hydrogen-bond acceptors (Lipinski definition) is 2. The van der Waals surface area contributed by atoms with E-state index in [0.29, 0.717) is 0 Å². The SMILES string of the molecule is N#CC1CC(F)(F)CCC1=O. The van der Waals surface area contributed by atoms with Crippen LogP contribution in [-0.2, 0) is 4.79 Å². The number of hydrogen-bond donors (Lipinski definition) is 0. The van der Waals surface area contributed by atoms with Crippen molar-refractivity contribution < 1.29 is 13.6 Å². The maximum absolute atomic E-state index is 12.5. The number of nitriles is 1. The molecule has 1 rings (SSSR count). The van der Waals surface area contributed by atoms with Gasteiger partial charge in [-0.3, -0.25) is 4.79 Å². The minimum Gasteiger partial charge on any atom is -0.298 e. The molecule has 0 amide bonds. The largest absolute Gasteiger partial charge is 0.298 e. The minimum absolute atomic E-state index is 0.161. The number of alkyl halides is 2. The number of carbonyl (C=O) groups is 1. The molecule has 0 aromatic carbocycles. The fourth-order valence-electron chi connectivity index (χ4n) is 1.11. The van der Waals surface area contributed by atoms with Crippen molar-refractivity contribution in [2.45, 2.75) is 25.2 Å². The molecule has 0 N–H and O–H groups in total. The number of nitrogens with zero attached hydrogens (tertiary/aromatic N) is 1. The average molecular weight is 159 g/mol. The molecule has 1 fully saturated rings. The highest BCUT2D eigenvalue weighted by atomic mass is 19.3. The van der Waals surface area contributed by atoms with Gasteiger partial charge in [0.1, 0.15) is 11.7 Å². The van der Waals surface area contributed by atoms with E-state index >= 15 is 0 Å². The molecular formula is C7H7F2NO. The summed E-state index contributed by atoms with van der Waals surface area (Å²) < 4.78 is 25.0. The minimum atomic E-state index is -2.81. The number of ketones is 1. The van der Waals surface area contributed by atoms with Crippen LogP contribution < -0.4 is 0 Å². The van der Waals surface area contributed by atoms with Gasteiger partial charge in [0, 0.05) is 19.3 Å². The average Bonchev–Trinajstić information content (AvgIpc) is 1.94. The summed E-state index contributed by atoms with van der Waals surface area (Å²) in [4.78, 5) is 10.8. The number of carbonyl (C=O) groups excluding carboxylic acids is 1. The normalized spacial score (nSPS) is 29.5. The Bertz CT molecular complexity index is 219. The highest BCUT2D eigenvalue weighted by Crippen LogP contribution is 2.34. The lowest BCUT2D eigenvalue weighted by Gasteiger charge is -2.23. The highest BCUT2D eigenvalue weighted by molar-refractivity contribution is 5.84. The summed E-state index contributed by atoms with van der Waals surface area (Å²) >= 11 is 0. The molecule has 0 radical (unpaired) electrons. The second-order valence-electron chi connectivity index (χ2n) is 2.71. The van der Waals surface area contributed by atoms with Crippen molar-refractivity contribution in [1.29, 1.82) is 5.26 Å². The first-order valence-corrected chi connectivity index (χ1v) is 3.35. The van der Waals surface area contributed by atoms with E-state index in [9.17, 15) is 13.6 Å². The van der Waals surface area contributed by atoms with E-state index in [1.165, 1.54) is 0 Å².